The molecule has 0 aromatic heterocycles. The predicted octanol–water partition coefficient (Wildman–Crippen LogP) is 3.60. The van der Waals surface area contributed by atoms with Gasteiger partial charge in [-0.15, -0.1) is 0 Å². The van der Waals surface area contributed by atoms with Crippen LogP contribution in [0.2, 0.25) is 0 Å². The summed E-state index contributed by atoms with van der Waals surface area (Å²) in [6.07, 6.45) is 2.15. The minimum absolute atomic E-state index is 0.156. The Morgan fingerprint density at radius 3 is 2.46 bits per heavy atom. The number of hydrogen-bond acceptors (Lipinski definition) is 3. The summed E-state index contributed by atoms with van der Waals surface area (Å²) in [4.78, 5) is 0. The normalized spacial score (nSPS) is 13.5. The molecule has 0 amide bonds. The first-order valence-electron chi connectivity index (χ1n) is 8.18. The van der Waals surface area contributed by atoms with E-state index >= 15 is 0 Å². The second kappa shape index (κ2) is 7.01. The maximum Gasteiger partial charge on any atom is 0.184 e. The Labute approximate surface area is 147 Å². The van der Waals surface area contributed by atoms with Crippen molar-refractivity contribution in [1.29, 1.82) is 0 Å². The second-order valence-electron chi connectivity index (χ2n) is 5.71. The Bertz CT molecular complexity index is 757. The standard InChI is InChI=1S/C19H21N3OS/c1-3-5-12-6-8-14-15-9-7-13(23-4-2)11-17(15)18(16(14)10-12)21-22-19(20)24/h6-11H,3-5H2,1-2H3,(H3,20,22,24)/b21-18-. The molecule has 1 aliphatic rings. The van der Waals surface area contributed by atoms with Crippen LogP contribution in [-0.2, 0) is 6.42 Å². The van der Waals surface area contributed by atoms with Gasteiger partial charge < -0.3 is 10.5 Å². The van der Waals surface area contributed by atoms with Gasteiger partial charge >= 0.3 is 0 Å². The number of benzene rings is 2. The number of nitrogens with zero attached hydrogens (tertiary/aromatic N) is 1. The second-order valence-corrected chi connectivity index (χ2v) is 6.15. The fourth-order valence-corrected chi connectivity index (χ4v) is 3.10. The van der Waals surface area contributed by atoms with E-state index in [9.17, 15) is 0 Å². The Morgan fingerprint density at radius 2 is 1.79 bits per heavy atom. The van der Waals surface area contributed by atoms with Crippen molar-refractivity contribution in [2.75, 3.05) is 6.61 Å². The molecular weight excluding hydrogens is 318 g/mol. The minimum atomic E-state index is 0.156. The Hall–Kier alpha value is -2.40. The van der Waals surface area contributed by atoms with Gasteiger partial charge in [-0.25, -0.2) is 0 Å². The number of ether oxygens (including phenoxy) is 1. The highest BCUT2D eigenvalue weighted by Crippen LogP contribution is 2.39. The molecule has 2 aromatic carbocycles. The van der Waals surface area contributed by atoms with Gasteiger partial charge in [0, 0.05) is 11.1 Å². The van der Waals surface area contributed by atoms with E-state index in [2.05, 4.69) is 41.7 Å². The third kappa shape index (κ3) is 3.12. The van der Waals surface area contributed by atoms with Gasteiger partial charge in [0.2, 0.25) is 0 Å². The molecule has 1 aliphatic carbocycles. The molecule has 0 unspecified atom stereocenters. The summed E-state index contributed by atoms with van der Waals surface area (Å²) >= 11 is 4.90. The molecule has 3 rings (SSSR count). The van der Waals surface area contributed by atoms with E-state index in [1.807, 2.05) is 19.1 Å². The summed E-state index contributed by atoms with van der Waals surface area (Å²) in [7, 11) is 0. The van der Waals surface area contributed by atoms with E-state index in [-0.39, 0.29) is 5.11 Å². The van der Waals surface area contributed by atoms with Gasteiger partial charge in [-0.05, 0) is 66.5 Å². The highest BCUT2D eigenvalue weighted by Gasteiger charge is 2.26. The van der Waals surface area contributed by atoms with Crippen LogP contribution in [-0.4, -0.2) is 17.4 Å². The first-order valence-corrected chi connectivity index (χ1v) is 8.58. The molecule has 0 fully saturated rings. The summed E-state index contributed by atoms with van der Waals surface area (Å²) in [5, 5.41) is 4.61. The van der Waals surface area contributed by atoms with Crippen LogP contribution in [0, 0.1) is 0 Å². The number of hydrazone groups is 1. The van der Waals surface area contributed by atoms with Gasteiger partial charge in [0.25, 0.3) is 0 Å². The molecule has 4 nitrogen and oxygen atoms in total. The van der Waals surface area contributed by atoms with Crippen LogP contribution in [0.25, 0.3) is 11.1 Å². The average Bonchev–Trinajstić information content (AvgIpc) is 2.86. The summed E-state index contributed by atoms with van der Waals surface area (Å²) in [6, 6.07) is 12.7. The van der Waals surface area contributed by atoms with Crippen LogP contribution in [0.4, 0.5) is 0 Å². The SMILES string of the molecule is CCCc1ccc2c(c1)/C(=N/NC(N)=S)c1cc(OCC)ccc1-2. The van der Waals surface area contributed by atoms with Gasteiger partial charge in [0.1, 0.15) is 5.75 Å². The molecule has 0 heterocycles. The zero-order valence-corrected chi connectivity index (χ0v) is 14.7. The third-order valence-corrected chi connectivity index (χ3v) is 4.09. The Kier molecular flexibility index (Phi) is 4.81. The molecule has 24 heavy (non-hydrogen) atoms. The monoisotopic (exact) mass is 339 g/mol. The molecule has 0 spiro atoms. The van der Waals surface area contributed by atoms with Crippen LogP contribution in [0.3, 0.4) is 0 Å². The lowest BCUT2D eigenvalue weighted by Gasteiger charge is -2.07. The van der Waals surface area contributed by atoms with E-state index in [1.165, 1.54) is 11.1 Å². The first-order chi connectivity index (χ1) is 11.6. The molecule has 2 aromatic rings. The predicted molar refractivity (Wildman–Crippen MR) is 103 cm³/mol. The summed E-state index contributed by atoms with van der Waals surface area (Å²) in [5.74, 6) is 0.834. The van der Waals surface area contributed by atoms with E-state index in [4.69, 9.17) is 22.7 Å². The van der Waals surface area contributed by atoms with Crippen molar-refractivity contribution >= 4 is 23.0 Å². The number of nitrogens with two attached hydrogens (primary N) is 1. The lowest BCUT2D eigenvalue weighted by Crippen LogP contribution is -2.25. The zero-order chi connectivity index (χ0) is 17.1. The fourth-order valence-electron chi connectivity index (χ4n) is 3.05. The van der Waals surface area contributed by atoms with Gasteiger partial charge in [-0.3, -0.25) is 5.43 Å². The van der Waals surface area contributed by atoms with E-state index in [0.717, 1.165) is 41.0 Å². The van der Waals surface area contributed by atoms with Gasteiger partial charge in [-0.1, -0.05) is 25.5 Å². The van der Waals surface area contributed by atoms with E-state index < -0.39 is 0 Å². The highest BCUT2D eigenvalue weighted by molar-refractivity contribution is 7.80. The molecule has 5 heteroatoms. The van der Waals surface area contributed by atoms with E-state index in [1.54, 1.807) is 0 Å². The largest absolute Gasteiger partial charge is 0.494 e. The van der Waals surface area contributed by atoms with Crippen LogP contribution in [0.1, 0.15) is 37.0 Å². The van der Waals surface area contributed by atoms with Crippen LogP contribution >= 0.6 is 12.2 Å². The van der Waals surface area contributed by atoms with Crippen molar-refractivity contribution in [3.63, 3.8) is 0 Å². The molecule has 0 aliphatic heterocycles. The molecule has 124 valence electrons. The quantitative estimate of drug-likeness (QED) is 0.551. The number of fused-ring (bicyclic) bond motifs is 3. The van der Waals surface area contributed by atoms with Crippen LogP contribution in [0.15, 0.2) is 41.5 Å². The third-order valence-electron chi connectivity index (χ3n) is 4.00. The lowest BCUT2D eigenvalue weighted by molar-refractivity contribution is 0.340. The molecule has 0 saturated heterocycles. The average molecular weight is 339 g/mol. The van der Waals surface area contributed by atoms with Crippen molar-refractivity contribution in [2.24, 2.45) is 10.8 Å². The zero-order valence-electron chi connectivity index (χ0n) is 13.9. The molecular formula is C19H21N3OS. The number of thiocarbonyl (C=S) groups is 1. The molecule has 0 saturated carbocycles. The van der Waals surface area contributed by atoms with E-state index in [0.29, 0.717) is 6.61 Å². The van der Waals surface area contributed by atoms with Crippen LogP contribution < -0.4 is 15.9 Å². The van der Waals surface area contributed by atoms with Crippen molar-refractivity contribution in [3.05, 3.63) is 53.1 Å². The molecule has 0 radical (unpaired) electrons. The molecule has 0 bridgehead atoms. The molecule has 3 N–H and O–H groups in total. The maximum absolute atomic E-state index is 5.64. The van der Waals surface area contributed by atoms with Gasteiger partial charge in [-0.2, -0.15) is 5.10 Å². The summed E-state index contributed by atoms with van der Waals surface area (Å²) in [6.45, 7) is 4.78. The first kappa shape index (κ1) is 16.5. The number of rotatable bonds is 5. The number of nitrogens with one attached hydrogen (secondary N) is 1. The topological polar surface area (TPSA) is 59.6 Å². The highest BCUT2D eigenvalue weighted by atomic mass is 32.1. The number of aryl methyl sites for hydroxylation is 1. The fraction of sp³-hybridized carbons (Fsp3) is 0.263. The van der Waals surface area contributed by atoms with Crippen molar-refractivity contribution < 1.29 is 4.74 Å². The molecule has 0 atom stereocenters. The lowest BCUT2D eigenvalue weighted by atomic mass is 10.0. The van der Waals surface area contributed by atoms with Crippen molar-refractivity contribution in [3.8, 4) is 16.9 Å². The summed E-state index contributed by atoms with van der Waals surface area (Å²) in [5.41, 5.74) is 14.9. The minimum Gasteiger partial charge on any atom is -0.494 e. The van der Waals surface area contributed by atoms with Crippen molar-refractivity contribution in [2.45, 2.75) is 26.7 Å². The van der Waals surface area contributed by atoms with Gasteiger partial charge in [0.15, 0.2) is 5.11 Å². The number of hydrogen-bond donors (Lipinski definition) is 2. The van der Waals surface area contributed by atoms with Gasteiger partial charge in [0.05, 0.1) is 12.3 Å². The Balaban J connectivity index is 2.13. The summed E-state index contributed by atoms with van der Waals surface area (Å²) < 4.78 is 5.64. The van der Waals surface area contributed by atoms with Crippen molar-refractivity contribution in [1.82, 2.24) is 5.43 Å². The maximum atomic E-state index is 5.64. The Morgan fingerprint density at radius 1 is 1.08 bits per heavy atom. The smallest absolute Gasteiger partial charge is 0.184 e. The van der Waals surface area contributed by atoms with Crippen LogP contribution in [0.5, 0.6) is 5.75 Å².